The molecule has 1 heterocycles. The zero-order valence-corrected chi connectivity index (χ0v) is 15.4. The number of alkyl halides is 2. The molecular weight excluding hydrogens is 350 g/mol. The smallest absolute Gasteiger partial charge is 0.282 e. The van der Waals surface area contributed by atoms with E-state index in [4.69, 9.17) is 5.73 Å². The number of amides is 2. The van der Waals surface area contributed by atoms with Crippen LogP contribution < -0.4 is 5.73 Å². The summed E-state index contributed by atoms with van der Waals surface area (Å²) in [6.45, 7) is 0.997. The topological polar surface area (TPSA) is 63.4 Å². The summed E-state index contributed by atoms with van der Waals surface area (Å²) in [5, 5.41) is 0. The normalized spacial score (nSPS) is 38.1. The Bertz CT molecular complexity index is 829. The molecule has 1 aromatic carbocycles. The van der Waals surface area contributed by atoms with Crippen molar-refractivity contribution in [3.63, 3.8) is 0 Å². The fourth-order valence-electron chi connectivity index (χ4n) is 6.62. The third-order valence-electron chi connectivity index (χ3n) is 7.64. The van der Waals surface area contributed by atoms with E-state index in [1.165, 1.54) is 4.90 Å². The van der Waals surface area contributed by atoms with Gasteiger partial charge in [-0.2, -0.15) is 0 Å². The first-order valence-corrected chi connectivity index (χ1v) is 9.78. The summed E-state index contributed by atoms with van der Waals surface area (Å²) < 4.78 is 26.5. The molecule has 144 valence electrons. The maximum absolute atomic E-state index is 13.3. The van der Waals surface area contributed by atoms with Crippen molar-refractivity contribution >= 4 is 11.8 Å². The molecule has 4 bridgehead atoms. The third kappa shape index (κ3) is 2.31. The maximum atomic E-state index is 13.3. The van der Waals surface area contributed by atoms with Crippen LogP contribution in [0.4, 0.5) is 8.78 Å². The molecule has 27 heavy (non-hydrogen) atoms. The second-order valence-corrected chi connectivity index (χ2v) is 9.25. The highest BCUT2D eigenvalue weighted by Gasteiger charge is 2.64. The highest BCUT2D eigenvalue weighted by atomic mass is 19.3. The van der Waals surface area contributed by atoms with E-state index in [1.54, 1.807) is 6.07 Å². The van der Waals surface area contributed by atoms with E-state index >= 15 is 0 Å². The summed E-state index contributed by atoms with van der Waals surface area (Å²) in [6, 6.07) is 5.73. The number of primary amides is 1. The van der Waals surface area contributed by atoms with Crippen LogP contribution in [-0.4, -0.2) is 35.7 Å². The predicted molar refractivity (Wildman–Crippen MR) is 95.3 cm³/mol. The number of benzene rings is 1. The van der Waals surface area contributed by atoms with Gasteiger partial charge in [0.25, 0.3) is 11.8 Å². The number of aryl methyl sites for hydroxylation is 1. The average Bonchev–Trinajstić information content (AvgIpc) is 3.01. The van der Waals surface area contributed by atoms with Crippen LogP contribution in [0.1, 0.15) is 53.1 Å². The summed E-state index contributed by atoms with van der Waals surface area (Å²) in [5.74, 6) is -1.94. The van der Waals surface area contributed by atoms with E-state index in [9.17, 15) is 18.4 Å². The van der Waals surface area contributed by atoms with E-state index in [-0.39, 0.29) is 23.1 Å². The minimum absolute atomic E-state index is 0.167. The average molecular weight is 374 g/mol. The molecule has 2 atom stereocenters. The first-order valence-electron chi connectivity index (χ1n) is 9.78. The molecule has 6 rings (SSSR count). The maximum Gasteiger partial charge on any atom is 0.282 e. The third-order valence-corrected chi connectivity index (χ3v) is 7.64. The largest absolute Gasteiger partial charge is 0.369 e. The van der Waals surface area contributed by atoms with Gasteiger partial charge in [-0.3, -0.25) is 9.59 Å². The molecule has 2 unspecified atom stereocenters. The van der Waals surface area contributed by atoms with Crippen molar-refractivity contribution in [1.82, 2.24) is 4.90 Å². The van der Waals surface area contributed by atoms with Gasteiger partial charge in [-0.05, 0) is 67.9 Å². The van der Waals surface area contributed by atoms with Crippen molar-refractivity contribution in [2.24, 2.45) is 28.9 Å². The Balaban J connectivity index is 1.49. The summed E-state index contributed by atoms with van der Waals surface area (Å²) in [4.78, 5) is 26.3. The fourth-order valence-corrected chi connectivity index (χ4v) is 6.62. The van der Waals surface area contributed by atoms with Gasteiger partial charge in [0.05, 0.1) is 18.5 Å². The Morgan fingerprint density at radius 1 is 1.15 bits per heavy atom. The van der Waals surface area contributed by atoms with Gasteiger partial charge in [-0.25, -0.2) is 8.78 Å². The van der Waals surface area contributed by atoms with Crippen molar-refractivity contribution in [2.75, 3.05) is 13.1 Å². The van der Waals surface area contributed by atoms with E-state index in [1.807, 2.05) is 13.0 Å². The van der Waals surface area contributed by atoms with Crippen LogP contribution in [0, 0.1) is 30.1 Å². The predicted octanol–water partition coefficient (Wildman–Crippen LogP) is 3.09. The van der Waals surface area contributed by atoms with Gasteiger partial charge in [0.1, 0.15) is 0 Å². The van der Waals surface area contributed by atoms with Crippen LogP contribution in [0.25, 0.3) is 0 Å². The molecule has 0 radical (unpaired) electrons. The lowest BCUT2D eigenvalue weighted by Crippen LogP contribution is -2.58. The monoisotopic (exact) mass is 374 g/mol. The molecule has 4 saturated carbocycles. The molecular formula is C21H24F2N2O2. The molecule has 4 aliphatic carbocycles. The standard InChI is InChI=1S/C21H24F2N2O2/c1-11-2-3-15(18(26)25-9-21(22,23)10-25)16(4-11)17-12-5-14-6-13(17)8-20(14,7-12)19(24)27/h2-4,12-14,17H,5-10H2,1H3,(H2,24,27). The molecule has 5 aliphatic rings. The molecule has 0 spiro atoms. The number of carbonyl (C=O) groups excluding carboxylic acids is 2. The Labute approximate surface area is 157 Å². The Hall–Kier alpha value is -1.98. The van der Waals surface area contributed by atoms with Gasteiger partial charge in [-0.1, -0.05) is 17.7 Å². The second-order valence-electron chi connectivity index (χ2n) is 9.25. The molecule has 1 aromatic rings. The van der Waals surface area contributed by atoms with Crippen LogP contribution in [0.2, 0.25) is 0 Å². The van der Waals surface area contributed by atoms with Crippen LogP contribution >= 0.6 is 0 Å². The lowest BCUT2D eigenvalue weighted by atomic mass is 9.65. The van der Waals surface area contributed by atoms with Crippen molar-refractivity contribution in [3.05, 3.63) is 34.9 Å². The van der Waals surface area contributed by atoms with Crippen LogP contribution in [0.15, 0.2) is 18.2 Å². The number of hydrogen-bond acceptors (Lipinski definition) is 2. The van der Waals surface area contributed by atoms with Gasteiger partial charge in [-0.15, -0.1) is 0 Å². The zero-order chi connectivity index (χ0) is 19.1. The molecule has 0 aromatic heterocycles. The fraction of sp³-hybridized carbons (Fsp3) is 0.619. The SMILES string of the molecule is Cc1ccc(C(=O)N2CC(F)(F)C2)c(C2C3CC4CC2CC4(C(N)=O)C3)c1. The van der Waals surface area contributed by atoms with Gasteiger partial charge in [0.15, 0.2) is 0 Å². The molecule has 1 aliphatic heterocycles. The second kappa shape index (κ2) is 5.30. The van der Waals surface area contributed by atoms with E-state index in [2.05, 4.69) is 6.07 Å². The van der Waals surface area contributed by atoms with Gasteiger partial charge >= 0.3 is 0 Å². The summed E-state index contributed by atoms with van der Waals surface area (Å²) in [5.41, 5.74) is 8.03. The molecule has 6 heteroatoms. The zero-order valence-electron chi connectivity index (χ0n) is 15.4. The minimum atomic E-state index is -2.76. The van der Waals surface area contributed by atoms with Crippen LogP contribution in [0.3, 0.4) is 0 Å². The van der Waals surface area contributed by atoms with Crippen molar-refractivity contribution < 1.29 is 18.4 Å². The number of hydrogen-bond donors (Lipinski definition) is 1. The first-order chi connectivity index (χ1) is 12.7. The molecule has 4 nitrogen and oxygen atoms in total. The molecule has 5 fully saturated rings. The number of nitrogens with two attached hydrogens (primary N) is 1. The van der Waals surface area contributed by atoms with Gasteiger partial charge in [0, 0.05) is 5.56 Å². The van der Waals surface area contributed by atoms with E-state index in [0.29, 0.717) is 23.3 Å². The Morgan fingerprint density at radius 2 is 1.78 bits per heavy atom. The summed E-state index contributed by atoms with van der Waals surface area (Å²) in [7, 11) is 0. The number of nitrogens with zero attached hydrogens (tertiary/aromatic N) is 1. The number of halogens is 2. The Kier molecular flexibility index (Phi) is 3.36. The first kappa shape index (κ1) is 17.1. The van der Waals surface area contributed by atoms with Gasteiger partial charge < -0.3 is 10.6 Å². The van der Waals surface area contributed by atoms with E-state index in [0.717, 1.165) is 36.8 Å². The number of likely N-dealkylation sites (tertiary alicyclic amines) is 1. The van der Waals surface area contributed by atoms with Crippen molar-refractivity contribution in [3.8, 4) is 0 Å². The molecule has 2 amide bonds. The summed E-state index contributed by atoms with van der Waals surface area (Å²) in [6.07, 6.45) is 3.57. The van der Waals surface area contributed by atoms with Crippen molar-refractivity contribution in [1.29, 1.82) is 0 Å². The van der Waals surface area contributed by atoms with Crippen LogP contribution in [-0.2, 0) is 4.79 Å². The lowest BCUT2D eigenvalue weighted by Gasteiger charge is -2.41. The minimum Gasteiger partial charge on any atom is -0.369 e. The van der Waals surface area contributed by atoms with Gasteiger partial charge in [0.2, 0.25) is 5.91 Å². The lowest BCUT2D eigenvalue weighted by molar-refractivity contribution is -0.129. The molecule has 2 N–H and O–H groups in total. The summed E-state index contributed by atoms with van der Waals surface area (Å²) >= 11 is 0. The number of rotatable bonds is 3. The van der Waals surface area contributed by atoms with E-state index < -0.39 is 19.0 Å². The Morgan fingerprint density at radius 3 is 2.30 bits per heavy atom. The van der Waals surface area contributed by atoms with Crippen LogP contribution in [0.5, 0.6) is 0 Å². The quantitative estimate of drug-likeness (QED) is 0.884. The highest BCUT2D eigenvalue weighted by molar-refractivity contribution is 5.96. The number of carbonyl (C=O) groups is 2. The van der Waals surface area contributed by atoms with Crippen molar-refractivity contribution in [2.45, 2.75) is 44.4 Å². The molecule has 1 saturated heterocycles. The highest BCUT2D eigenvalue weighted by Crippen LogP contribution is 2.69.